The van der Waals surface area contributed by atoms with Crippen molar-refractivity contribution in [3.8, 4) is 0 Å². The highest BCUT2D eigenvalue weighted by molar-refractivity contribution is 7.90. The molecule has 0 bridgehead atoms. The summed E-state index contributed by atoms with van der Waals surface area (Å²) < 4.78 is 50.3. The molecule has 12 heteroatoms. The molecule has 1 aromatic heterocycles. The van der Waals surface area contributed by atoms with E-state index in [1.807, 2.05) is 6.92 Å². The lowest BCUT2D eigenvalue weighted by molar-refractivity contribution is 0.102. The standard InChI is InChI=1S/C18H21ClN4O5S2/c1-12-4-3-9-23(11-12)30(27,28)14-7-5-13(6-8-14)21-17(24)16-15(19)10-20-18(22-16)29(2,25)26/h5-8,10,12H,3-4,9,11H2,1-2H3,(H,21,24). The molecule has 2 aromatic rings. The number of sulfonamides is 1. The molecule has 1 aliphatic heterocycles. The number of sulfone groups is 1. The van der Waals surface area contributed by atoms with Crippen LogP contribution < -0.4 is 5.32 Å². The number of nitrogens with one attached hydrogen (secondary N) is 1. The zero-order valence-corrected chi connectivity index (χ0v) is 18.8. The summed E-state index contributed by atoms with van der Waals surface area (Å²) in [4.78, 5) is 19.9. The summed E-state index contributed by atoms with van der Waals surface area (Å²) in [5, 5.41) is 1.89. The molecule has 2 heterocycles. The molecule has 1 amide bonds. The Balaban J connectivity index is 1.78. The Morgan fingerprint density at radius 2 is 1.87 bits per heavy atom. The van der Waals surface area contributed by atoms with E-state index in [1.54, 1.807) is 0 Å². The van der Waals surface area contributed by atoms with Crippen molar-refractivity contribution >= 4 is 43.1 Å². The monoisotopic (exact) mass is 472 g/mol. The maximum atomic E-state index is 12.8. The van der Waals surface area contributed by atoms with Crippen LogP contribution in [-0.4, -0.2) is 56.4 Å². The Bertz CT molecular complexity index is 1170. The topological polar surface area (TPSA) is 126 Å². The molecule has 1 aliphatic rings. The number of aromatic nitrogens is 2. The highest BCUT2D eigenvalue weighted by Gasteiger charge is 2.28. The fourth-order valence-corrected chi connectivity index (χ4v) is 5.38. The molecule has 0 spiro atoms. The molecular weight excluding hydrogens is 452 g/mol. The van der Waals surface area contributed by atoms with Gasteiger partial charge in [-0.25, -0.2) is 26.8 Å². The zero-order chi connectivity index (χ0) is 22.1. The summed E-state index contributed by atoms with van der Waals surface area (Å²) >= 11 is 5.92. The number of carbonyl (C=O) groups is 1. The van der Waals surface area contributed by atoms with Crippen molar-refractivity contribution in [2.75, 3.05) is 24.7 Å². The van der Waals surface area contributed by atoms with E-state index >= 15 is 0 Å². The predicted molar refractivity (Wildman–Crippen MR) is 112 cm³/mol. The summed E-state index contributed by atoms with van der Waals surface area (Å²) in [5.74, 6) is -0.436. The third kappa shape index (κ3) is 4.97. The van der Waals surface area contributed by atoms with E-state index in [4.69, 9.17) is 11.6 Å². The smallest absolute Gasteiger partial charge is 0.275 e. The average molecular weight is 473 g/mol. The van der Waals surface area contributed by atoms with Crippen LogP contribution in [0.2, 0.25) is 5.02 Å². The maximum Gasteiger partial charge on any atom is 0.275 e. The van der Waals surface area contributed by atoms with E-state index in [0.29, 0.717) is 24.7 Å². The summed E-state index contributed by atoms with van der Waals surface area (Å²) in [6.45, 7) is 2.99. The predicted octanol–water partition coefficient (Wildman–Crippen LogP) is 2.21. The van der Waals surface area contributed by atoms with Crippen molar-refractivity contribution < 1.29 is 21.6 Å². The molecule has 0 saturated carbocycles. The number of anilines is 1. The first-order valence-corrected chi connectivity index (χ1v) is 12.8. The average Bonchev–Trinajstić information content (AvgIpc) is 2.67. The van der Waals surface area contributed by atoms with E-state index in [1.165, 1.54) is 28.6 Å². The third-order valence-corrected chi connectivity index (χ3v) is 7.65. The molecule has 9 nitrogen and oxygen atoms in total. The van der Waals surface area contributed by atoms with Gasteiger partial charge in [0, 0.05) is 25.0 Å². The van der Waals surface area contributed by atoms with Crippen LogP contribution in [0.1, 0.15) is 30.3 Å². The third-order valence-electron chi connectivity index (χ3n) is 4.64. The van der Waals surface area contributed by atoms with Gasteiger partial charge in [-0.2, -0.15) is 4.31 Å². The number of amides is 1. The Morgan fingerprint density at radius 3 is 2.47 bits per heavy atom. The number of nitrogens with zero attached hydrogens (tertiary/aromatic N) is 3. The first kappa shape index (κ1) is 22.6. The number of benzene rings is 1. The van der Waals surface area contributed by atoms with Crippen molar-refractivity contribution in [2.45, 2.75) is 29.8 Å². The largest absolute Gasteiger partial charge is 0.321 e. The van der Waals surface area contributed by atoms with Crippen LogP contribution in [0, 0.1) is 5.92 Å². The van der Waals surface area contributed by atoms with Gasteiger partial charge in [0.2, 0.25) is 25.0 Å². The lowest BCUT2D eigenvalue weighted by Crippen LogP contribution is -2.39. The van der Waals surface area contributed by atoms with Gasteiger partial charge in [0.05, 0.1) is 16.1 Å². The van der Waals surface area contributed by atoms with Crippen LogP contribution in [0.15, 0.2) is 40.5 Å². The molecular formula is C18H21ClN4O5S2. The lowest BCUT2D eigenvalue weighted by Gasteiger charge is -2.30. The van der Waals surface area contributed by atoms with Gasteiger partial charge in [0.15, 0.2) is 5.69 Å². The fourth-order valence-electron chi connectivity index (χ4n) is 3.10. The highest BCUT2D eigenvalue weighted by atomic mass is 35.5. The summed E-state index contributed by atoms with van der Waals surface area (Å²) in [5.41, 5.74) is 0.00707. The molecule has 1 aromatic carbocycles. The van der Waals surface area contributed by atoms with Gasteiger partial charge in [-0.1, -0.05) is 18.5 Å². The van der Waals surface area contributed by atoms with Crippen LogP contribution in [0.25, 0.3) is 0 Å². The van der Waals surface area contributed by atoms with E-state index in [2.05, 4.69) is 15.3 Å². The number of carbonyl (C=O) groups excluding carboxylic acids is 1. The van der Waals surface area contributed by atoms with Gasteiger partial charge < -0.3 is 5.32 Å². The molecule has 1 unspecified atom stereocenters. The molecule has 162 valence electrons. The zero-order valence-electron chi connectivity index (χ0n) is 16.4. The number of halogens is 1. The van der Waals surface area contributed by atoms with Gasteiger partial charge in [-0.3, -0.25) is 4.79 Å². The number of hydrogen-bond acceptors (Lipinski definition) is 7. The van der Waals surface area contributed by atoms with Crippen molar-refractivity contribution in [2.24, 2.45) is 5.92 Å². The first-order chi connectivity index (χ1) is 14.0. The van der Waals surface area contributed by atoms with E-state index in [9.17, 15) is 21.6 Å². The normalized spacial score (nSPS) is 18.2. The van der Waals surface area contributed by atoms with Gasteiger partial charge in [0.1, 0.15) is 0 Å². The quantitative estimate of drug-likeness (QED) is 0.661. The first-order valence-electron chi connectivity index (χ1n) is 9.12. The maximum absolute atomic E-state index is 12.8. The van der Waals surface area contributed by atoms with E-state index in [-0.39, 0.29) is 15.6 Å². The second kappa shape index (κ2) is 8.58. The Hall–Kier alpha value is -2.08. The summed E-state index contributed by atoms with van der Waals surface area (Å²) in [6, 6.07) is 5.72. The van der Waals surface area contributed by atoms with E-state index < -0.39 is 30.9 Å². The van der Waals surface area contributed by atoms with Crippen molar-refractivity contribution in [3.05, 3.63) is 41.2 Å². The molecule has 3 rings (SSSR count). The Labute approximate surface area is 180 Å². The van der Waals surface area contributed by atoms with Gasteiger partial charge in [-0.05, 0) is 43.0 Å². The van der Waals surface area contributed by atoms with Crippen LogP contribution in [0.4, 0.5) is 5.69 Å². The molecule has 0 radical (unpaired) electrons. The molecule has 1 fully saturated rings. The lowest BCUT2D eigenvalue weighted by atomic mass is 10.0. The molecule has 1 N–H and O–H groups in total. The summed E-state index contributed by atoms with van der Waals surface area (Å²) in [7, 11) is -7.33. The Kier molecular flexibility index (Phi) is 6.46. The molecule has 1 saturated heterocycles. The van der Waals surface area contributed by atoms with Gasteiger partial charge in [-0.15, -0.1) is 0 Å². The fraction of sp³-hybridized carbons (Fsp3) is 0.389. The van der Waals surface area contributed by atoms with Crippen molar-refractivity contribution in [1.82, 2.24) is 14.3 Å². The molecule has 1 atom stereocenters. The molecule has 0 aliphatic carbocycles. The number of rotatable bonds is 5. The van der Waals surface area contributed by atoms with Crippen LogP contribution in [-0.2, 0) is 19.9 Å². The van der Waals surface area contributed by atoms with Crippen LogP contribution >= 0.6 is 11.6 Å². The second-order valence-corrected chi connectivity index (χ2v) is 11.5. The SMILES string of the molecule is CC1CCCN(S(=O)(=O)c2ccc(NC(=O)c3nc(S(C)(=O)=O)ncc3Cl)cc2)C1. The minimum absolute atomic E-state index is 0.113. The summed E-state index contributed by atoms with van der Waals surface area (Å²) in [6.07, 6.45) is 3.78. The van der Waals surface area contributed by atoms with Gasteiger partial charge in [0.25, 0.3) is 5.91 Å². The second-order valence-electron chi connectivity index (χ2n) is 7.21. The Morgan fingerprint density at radius 1 is 1.20 bits per heavy atom. The highest BCUT2D eigenvalue weighted by Crippen LogP contribution is 2.25. The number of piperidine rings is 1. The number of hydrogen-bond donors (Lipinski definition) is 1. The van der Waals surface area contributed by atoms with Crippen molar-refractivity contribution in [3.63, 3.8) is 0 Å². The van der Waals surface area contributed by atoms with Crippen molar-refractivity contribution in [1.29, 1.82) is 0 Å². The van der Waals surface area contributed by atoms with Crippen LogP contribution in [0.3, 0.4) is 0 Å². The molecule has 30 heavy (non-hydrogen) atoms. The van der Waals surface area contributed by atoms with E-state index in [0.717, 1.165) is 25.3 Å². The van der Waals surface area contributed by atoms with Gasteiger partial charge >= 0.3 is 0 Å². The minimum atomic E-state index is -3.72. The van der Waals surface area contributed by atoms with Crippen LogP contribution in [0.5, 0.6) is 0 Å². The minimum Gasteiger partial charge on any atom is -0.321 e.